The van der Waals surface area contributed by atoms with Crippen molar-refractivity contribution in [2.45, 2.75) is 39.0 Å². The molecule has 9 nitrogen and oxygen atoms in total. The number of piperidine rings is 1. The first-order chi connectivity index (χ1) is 13.1. The van der Waals surface area contributed by atoms with Crippen LogP contribution in [0.15, 0.2) is 29.2 Å². The van der Waals surface area contributed by atoms with Crippen molar-refractivity contribution in [2.24, 2.45) is 5.92 Å². The molecule has 1 N–H and O–H groups in total. The number of nitrogens with zero attached hydrogens (tertiary/aromatic N) is 6. The van der Waals surface area contributed by atoms with Crippen molar-refractivity contribution in [3.8, 4) is 0 Å². The summed E-state index contributed by atoms with van der Waals surface area (Å²) in [6, 6.07) is 3.51. The van der Waals surface area contributed by atoms with Crippen LogP contribution in [0.5, 0.6) is 0 Å². The molecule has 142 valence electrons. The predicted molar refractivity (Wildman–Crippen MR) is 98.4 cm³/mol. The van der Waals surface area contributed by atoms with Crippen molar-refractivity contribution in [3.63, 3.8) is 0 Å². The van der Waals surface area contributed by atoms with Crippen molar-refractivity contribution >= 4 is 17.4 Å². The van der Waals surface area contributed by atoms with Crippen LogP contribution in [0, 0.1) is 5.92 Å². The third-order valence-electron chi connectivity index (χ3n) is 4.70. The van der Waals surface area contributed by atoms with Gasteiger partial charge in [-0.25, -0.2) is 4.79 Å². The largest absolute Gasteiger partial charge is 0.339 e. The van der Waals surface area contributed by atoms with Crippen LogP contribution in [-0.2, 0) is 6.42 Å². The Bertz CT molecular complexity index is 933. The molecule has 0 aliphatic carbocycles. The van der Waals surface area contributed by atoms with Crippen LogP contribution >= 0.6 is 0 Å². The van der Waals surface area contributed by atoms with E-state index < -0.39 is 0 Å². The number of hydrogen-bond donors (Lipinski definition) is 1. The van der Waals surface area contributed by atoms with Gasteiger partial charge in [0.05, 0.1) is 11.6 Å². The molecular weight excluding hydrogens is 346 g/mol. The molecule has 0 spiro atoms. The quantitative estimate of drug-likeness (QED) is 0.759. The van der Waals surface area contributed by atoms with Crippen LogP contribution < -0.4 is 5.32 Å². The van der Waals surface area contributed by atoms with Gasteiger partial charge in [-0.3, -0.25) is 4.40 Å². The maximum Gasteiger partial charge on any atom is 0.321 e. The normalized spacial score (nSPS) is 17.6. The zero-order valence-electron chi connectivity index (χ0n) is 15.5. The number of rotatable bonds is 4. The summed E-state index contributed by atoms with van der Waals surface area (Å²) in [5.41, 5.74) is 1.26. The van der Waals surface area contributed by atoms with Crippen molar-refractivity contribution in [2.75, 3.05) is 18.4 Å². The number of aromatic nitrogens is 5. The number of fused-ring (bicyclic) bond motifs is 1. The van der Waals surface area contributed by atoms with Gasteiger partial charge in [0.15, 0.2) is 11.5 Å². The van der Waals surface area contributed by atoms with E-state index in [0.29, 0.717) is 36.2 Å². The SMILES string of the molecule is CC(C)Cc1noc([C@H]2CCCN(C(=O)Nc3cccn4cnnc34)C2)n1. The lowest BCUT2D eigenvalue weighted by Crippen LogP contribution is -2.41. The van der Waals surface area contributed by atoms with E-state index in [4.69, 9.17) is 4.52 Å². The summed E-state index contributed by atoms with van der Waals surface area (Å²) in [6.45, 7) is 5.51. The van der Waals surface area contributed by atoms with Gasteiger partial charge in [-0.2, -0.15) is 4.98 Å². The van der Waals surface area contributed by atoms with Gasteiger partial charge in [-0.1, -0.05) is 19.0 Å². The van der Waals surface area contributed by atoms with Crippen LogP contribution in [0.4, 0.5) is 10.5 Å². The molecule has 4 rings (SSSR count). The van der Waals surface area contributed by atoms with E-state index in [1.807, 2.05) is 18.3 Å². The Hall–Kier alpha value is -2.97. The topological polar surface area (TPSA) is 101 Å². The summed E-state index contributed by atoms with van der Waals surface area (Å²) >= 11 is 0. The van der Waals surface area contributed by atoms with E-state index in [-0.39, 0.29) is 11.9 Å². The number of amides is 2. The van der Waals surface area contributed by atoms with Crippen molar-refractivity contribution in [3.05, 3.63) is 36.4 Å². The first-order valence-corrected chi connectivity index (χ1v) is 9.27. The lowest BCUT2D eigenvalue weighted by Gasteiger charge is -2.31. The van der Waals surface area contributed by atoms with Crippen LogP contribution in [-0.4, -0.2) is 48.8 Å². The molecule has 0 aromatic carbocycles. The summed E-state index contributed by atoms with van der Waals surface area (Å²) in [5, 5.41) is 14.9. The summed E-state index contributed by atoms with van der Waals surface area (Å²) in [7, 11) is 0. The summed E-state index contributed by atoms with van der Waals surface area (Å²) in [6.07, 6.45) is 6.07. The maximum absolute atomic E-state index is 12.8. The van der Waals surface area contributed by atoms with Crippen LogP contribution in [0.25, 0.3) is 5.65 Å². The number of carbonyl (C=O) groups is 1. The van der Waals surface area contributed by atoms with E-state index in [0.717, 1.165) is 25.1 Å². The number of pyridine rings is 1. The molecule has 0 radical (unpaired) electrons. The van der Waals surface area contributed by atoms with Gasteiger partial charge in [-0.15, -0.1) is 10.2 Å². The minimum absolute atomic E-state index is 0.0711. The molecule has 0 bridgehead atoms. The molecule has 3 aromatic rings. The average molecular weight is 369 g/mol. The fraction of sp³-hybridized carbons (Fsp3) is 0.500. The Morgan fingerprint density at radius 2 is 2.33 bits per heavy atom. The minimum atomic E-state index is -0.155. The second-order valence-electron chi connectivity index (χ2n) is 7.35. The van der Waals surface area contributed by atoms with Gasteiger partial charge in [0.1, 0.15) is 6.33 Å². The highest BCUT2D eigenvalue weighted by atomic mass is 16.5. The second-order valence-corrected chi connectivity index (χ2v) is 7.35. The Balaban J connectivity index is 1.44. The van der Waals surface area contributed by atoms with Gasteiger partial charge in [0.2, 0.25) is 5.89 Å². The maximum atomic E-state index is 12.8. The zero-order valence-corrected chi connectivity index (χ0v) is 15.5. The molecule has 27 heavy (non-hydrogen) atoms. The van der Waals surface area contributed by atoms with Gasteiger partial charge < -0.3 is 14.7 Å². The van der Waals surface area contributed by atoms with E-state index in [1.54, 1.807) is 15.6 Å². The van der Waals surface area contributed by atoms with Gasteiger partial charge in [0, 0.05) is 25.7 Å². The van der Waals surface area contributed by atoms with Gasteiger partial charge in [0.25, 0.3) is 0 Å². The lowest BCUT2D eigenvalue weighted by atomic mass is 9.98. The number of urea groups is 1. The van der Waals surface area contributed by atoms with E-state index in [2.05, 4.69) is 39.5 Å². The summed E-state index contributed by atoms with van der Waals surface area (Å²) in [5.74, 6) is 1.91. The molecule has 2 amide bonds. The average Bonchev–Trinajstić information content (AvgIpc) is 3.31. The molecular formula is C18H23N7O2. The molecule has 0 saturated carbocycles. The third-order valence-corrected chi connectivity index (χ3v) is 4.70. The fourth-order valence-electron chi connectivity index (χ4n) is 3.39. The highest BCUT2D eigenvalue weighted by molar-refractivity contribution is 5.93. The number of carbonyl (C=O) groups excluding carboxylic acids is 1. The lowest BCUT2D eigenvalue weighted by molar-refractivity contribution is 0.184. The molecule has 9 heteroatoms. The van der Waals surface area contributed by atoms with E-state index in [1.165, 1.54) is 0 Å². The molecule has 1 atom stereocenters. The second kappa shape index (κ2) is 7.34. The molecule has 1 aliphatic rings. The first-order valence-electron chi connectivity index (χ1n) is 9.27. The van der Waals surface area contributed by atoms with Crippen molar-refractivity contribution < 1.29 is 9.32 Å². The summed E-state index contributed by atoms with van der Waals surface area (Å²) < 4.78 is 7.22. The van der Waals surface area contributed by atoms with Crippen LogP contribution in [0.2, 0.25) is 0 Å². The van der Waals surface area contributed by atoms with Crippen LogP contribution in [0.1, 0.15) is 44.3 Å². The highest BCUT2D eigenvalue weighted by Gasteiger charge is 2.29. The third kappa shape index (κ3) is 3.76. The number of nitrogens with one attached hydrogen (secondary N) is 1. The number of hydrogen-bond acceptors (Lipinski definition) is 6. The first kappa shape index (κ1) is 17.4. The standard InChI is InChI=1S/C18H23N7O2/c1-12(2)9-15-21-17(27-23-15)13-5-3-7-24(10-13)18(26)20-14-6-4-8-25-11-19-22-16(14)25/h4,6,8,11-13H,3,5,7,9-10H2,1-2H3,(H,20,26)/t13-/m0/s1. The number of anilines is 1. The number of likely N-dealkylation sites (tertiary alicyclic amines) is 1. The molecule has 0 unspecified atom stereocenters. The van der Waals surface area contributed by atoms with Crippen molar-refractivity contribution in [1.29, 1.82) is 0 Å². The van der Waals surface area contributed by atoms with Crippen LogP contribution in [0.3, 0.4) is 0 Å². The summed E-state index contributed by atoms with van der Waals surface area (Å²) in [4.78, 5) is 19.1. The minimum Gasteiger partial charge on any atom is -0.339 e. The van der Waals surface area contributed by atoms with Gasteiger partial charge in [-0.05, 0) is 30.9 Å². The van der Waals surface area contributed by atoms with E-state index in [9.17, 15) is 4.79 Å². The monoisotopic (exact) mass is 369 g/mol. The molecule has 4 heterocycles. The molecule has 1 fully saturated rings. The Morgan fingerprint density at radius 1 is 1.44 bits per heavy atom. The predicted octanol–water partition coefficient (Wildman–Crippen LogP) is 2.72. The smallest absolute Gasteiger partial charge is 0.321 e. The zero-order chi connectivity index (χ0) is 18.8. The molecule has 1 saturated heterocycles. The van der Waals surface area contributed by atoms with E-state index >= 15 is 0 Å². The van der Waals surface area contributed by atoms with Gasteiger partial charge >= 0.3 is 6.03 Å². The molecule has 1 aliphatic heterocycles. The Labute approximate surface area is 156 Å². The fourth-order valence-corrected chi connectivity index (χ4v) is 3.39. The Kier molecular flexibility index (Phi) is 4.74. The molecule has 3 aromatic heterocycles. The van der Waals surface area contributed by atoms with Crippen molar-refractivity contribution in [1.82, 2.24) is 29.6 Å². The highest BCUT2D eigenvalue weighted by Crippen LogP contribution is 2.26. The Morgan fingerprint density at radius 3 is 3.19 bits per heavy atom.